The summed E-state index contributed by atoms with van der Waals surface area (Å²) in [6, 6.07) is 7.17. The van der Waals surface area contributed by atoms with Gasteiger partial charge in [-0.3, -0.25) is 9.69 Å². The van der Waals surface area contributed by atoms with E-state index in [1.54, 1.807) is 29.5 Å². The highest BCUT2D eigenvalue weighted by Crippen LogP contribution is 2.40. The van der Waals surface area contributed by atoms with Gasteiger partial charge in [-0.1, -0.05) is 32.8 Å². The topological polar surface area (TPSA) is 49.8 Å². The number of thiophene rings is 1. The Bertz CT molecular complexity index is 803. The average Bonchev–Trinajstić information content (AvgIpc) is 3.28. The van der Waals surface area contributed by atoms with Crippen LogP contribution in [0.25, 0.3) is 6.08 Å². The predicted molar refractivity (Wildman–Crippen MR) is 110 cm³/mol. The molecule has 1 aromatic carbocycles. The maximum absolute atomic E-state index is 12.7. The van der Waals surface area contributed by atoms with Crippen molar-refractivity contribution in [3.63, 3.8) is 0 Å². The van der Waals surface area contributed by atoms with Crippen molar-refractivity contribution in [3.05, 3.63) is 51.4 Å². The molecule has 0 fully saturated rings. The molecule has 144 valence electrons. The number of hydrogen-bond donors (Lipinski definition) is 1. The molecule has 1 N–H and O–H groups in total. The van der Waals surface area contributed by atoms with Gasteiger partial charge in [-0.05, 0) is 49.5 Å². The number of carbonyl (C=O) groups excluding carboxylic acids is 1. The highest BCUT2D eigenvalue weighted by molar-refractivity contribution is 7.10. The first-order valence-electron chi connectivity index (χ1n) is 9.69. The van der Waals surface area contributed by atoms with Gasteiger partial charge in [-0.2, -0.15) is 0 Å². The molecular weight excluding hydrogens is 358 g/mol. The van der Waals surface area contributed by atoms with Crippen LogP contribution in [0.15, 0.2) is 35.4 Å². The fraction of sp³-hybridized carbons (Fsp3) is 0.409. The van der Waals surface area contributed by atoms with Crippen molar-refractivity contribution in [2.24, 2.45) is 0 Å². The second-order valence-electron chi connectivity index (χ2n) is 6.88. The summed E-state index contributed by atoms with van der Waals surface area (Å²) in [7, 11) is 0. The number of ether oxygens (including phenoxy) is 1. The summed E-state index contributed by atoms with van der Waals surface area (Å²) in [6.07, 6.45) is 6.26. The van der Waals surface area contributed by atoms with Gasteiger partial charge in [-0.25, -0.2) is 0 Å². The summed E-state index contributed by atoms with van der Waals surface area (Å²) in [5, 5.41) is 12.4. The predicted octanol–water partition coefficient (Wildman–Crippen LogP) is 5.47. The first-order valence-corrected chi connectivity index (χ1v) is 10.6. The number of aromatic hydroxyl groups is 1. The third kappa shape index (κ3) is 4.60. The number of carbonyl (C=O) groups is 1. The lowest BCUT2D eigenvalue weighted by Gasteiger charge is -2.23. The van der Waals surface area contributed by atoms with Crippen molar-refractivity contribution < 1.29 is 14.6 Å². The lowest BCUT2D eigenvalue weighted by molar-refractivity contribution is 0.101. The van der Waals surface area contributed by atoms with E-state index >= 15 is 0 Å². The normalized spacial score (nSPS) is 14.8. The molecule has 0 unspecified atom stereocenters. The van der Waals surface area contributed by atoms with Crippen molar-refractivity contribution in [2.75, 3.05) is 13.1 Å². The van der Waals surface area contributed by atoms with Gasteiger partial charge in [0.15, 0.2) is 5.76 Å². The van der Waals surface area contributed by atoms with Crippen LogP contribution in [-0.4, -0.2) is 28.9 Å². The van der Waals surface area contributed by atoms with Crippen LogP contribution in [0.3, 0.4) is 0 Å². The quantitative estimate of drug-likeness (QED) is 0.581. The summed E-state index contributed by atoms with van der Waals surface area (Å²) in [5.41, 5.74) is 1.25. The molecule has 5 heteroatoms. The van der Waals surface area contributed by atoms with Gasteiger partial charge in [-0.15, -0.1) is 11.3 Å². The molecule has 1 aliphatic heterocycles. The molecule has 0 saturated heterocycles. The largest absolute Gasteiger partial charge is 0.507 e. The van der Waals surface area contributed by atoms with Gasteiger partial charge in [0.05, 0.1) is 11.1 Å². The summed E-state index contributed by atoms with van der Waals surface area (Å²) in [6.45, 7) is 6.91. The Balaban J connectivity index is 1.87. The van der Waals surface area contributed by atoms with Crippen LogP contribution in [0, 0.1) is 0 Å². The maximum atomic E-state index is 12.7. The smallest absolute Gasteiger partial charge is 0.232 e. The first kappa shape index (κ1) is 19.6. The fourth-order valence-electron chi connectivity index (χ4n) is 3.21. The second kappa shape index (κ2) is 9.20. The minimum atomic E-state index is -0.117. The second-order valence-corrected chi connectivity index (χ2v) is 7.86. The van der Waals surface area contributed by atoms with E-state index in [-0.39, 0.29) is 11.5 Å². The zero-order valence-corrected chi connectivity index (χ0v) is 16.8. The number of unbranched alkanes of at least 4 members (excludes halogenated alkanes) is 2. The van der Waals surface area contributed by atoms with E-state index in [1.807, 2.05) is 17.5 Å². The summed E-state index contributed by atoms with van der Waals surface area (Å²) >= 11 is 1.56. The Morgan fingerprint density at radius 3 is 2.52 bits per heavy atom. The van der Waals surface area contributed by atoms with Crippen LogP contribution >= 0.6 is 11.3 Å². The zero-order chi connectivity index (χ0) is 19.2. The molecule has 0 saturated carbocycles. The third-order valence-electron chi connectivity index (χ3n) is 4.77. The molecule has 0 atom stereocenters. The van der Waals surface area contributed by atoms with Crippen LogP contribution in [0.2, 0.25) is 0 Å². The van der Waals surface area contributed by atoms with E-state index in [0.717, 1.165) is 43.6 Å². The van der Waals surface area contributed by atoms with Gasteiger partial charge < -0.3 is 9.84 Å². The van der Waals surface area contributed by atoms with Crippen LogP contribution < -0.4 is 4.74 Å². The molecule has 2 aromatic rings. The third-order valence-corrected chi connectivity index (χ3v) is 5.59. The molecule has 0 radical (unpaired) electrons. The Kier molecular flexibility index (Phi) is 6.69. The van der Waals surface area contributed by atoms with E-state index in [4.69, 9.17) is 4.74 Å². The number of allylic oxidation sites excluding steroid dienone is 1. The lowest BCUT2D eigenvalue weighted by Crippen LogP contribution is -2.25. The van der Waals surface area contributed by atoms with Crippen molar-refractivity contribution in [1.29, 1.82) is 0 Å². The van der Waals surface area contributed by atoms with E-state index < -0.39 is 0 Å². The van der Waals surface area contributed by atoms with Gasteiger partial charge in [0.2, 0.25) is 5.78 Å². The summed E-state index contributed by atoms with van der Waals surface area (Å²) < 4.78 is 5.95. The molecule has 1 aromatic heterocycles. The highest BCUT2D eigenvalue weighted by atomic mass is 32.1. The molecule has 0 amide bonds. The number of hydrogen-bond acceptors (Lipinski definition) is 5. The summed E-state index contributed by atoms with van der Waals surface area (Å²) in [5.74, 6) is 0.916. The molecule has 2 heterocycles. The van der Waals surface area contributed by atoms with Crippen molar-refractivity contribution in [3.8, 4) is 11.5 Å². The Hall–Kier alpha value is -2.11. The molecule has 27 heavy (non-hydrogen) atoms. The molecule has 4 nitrogen and oxygen atoms in total. The van der Waals surface area contributed by atoms with Crippen LogP contribution in [0.4, 0.5) is 0 Å². The standard InChI is InChI=1S/C22H27NO3S/c1-3-5-11-23(12-6-4-2)15-18-19(24)10-9-17-21(25)20(26-22(17)18)14-16-8-7-13-27-16/h7-10,13-14,24H,3-6,11-12,15H2,1-2H3/b20-14+. The lowest BCUT2D eigenvalue weighted by atomic mass is 10.0. The molecule has 3 rings (SSSR count). The maximum Gasteiger partial charge on any atom is 0.232 e. The SMILES string of the molecule is CCCCN(CCCC)Cc1c(O)ccc2c1O/C(=C/c1cccs1)C2=O. The van der Waals surface area contributed by atoms with E-state index in [2.05, 4.69) is 18.7 Å². The van der Waals surface area contributed by atoms with Gasteiger partial charge in [0, 0.05) is 17.5 Å². The molecule has 0 aliphatic carbocycles. The number of fused-ring (bicyclic) bond motifs is 1. The number of phenolic OH excluding ortho intramolecular Hbond substituents is 1. The summed E-state index contributed by atoms with van der Waals surface area (Å²) in [4.78, 5) is 16.1. The average molecular weight is 386 g/mol. The minimum Gasteiger partial charge on any atom is -0.507 e. The Labute approximate surface area is 165 Å². The van der Waals surface area contributed by atoms with Crippen LogP contribution in [0.5, 0.6) is 11.5 Å². The van der Waals surface area contributed by atoms with E-state index in [9.17, 15) is 9.90 Å². The van der Waals surface area contributed by atoms with Crippen LogP contribution in [-0.2, 0) is 6.54 Å². The van der Waals surface area contributed by atoms with Gasteiger partial charge in [0.1, 0.15) is 11.5 Å². The molecular formula is C22H27NO3S. The number of benzene rings is 1. The van der Waals surface area contributed by atoms with Crippen molar-refractivity contribution in [1.82, 2.24) is 4.90 Å². The number of Topliss-reactive ketones (excluding diaryl/α,β-unsaturated/α-hetero) is 1. The monoisotopic (exact) mass is 385 g/mol. The molecule has 0 bridgehead atoms. The fourth-order valence-corrected chi connectivity index (χ4v) is 3.86. The molecule has 1 aliphatic rings. The van der Waals surface area contributed by atoms with E-state index in [0.29, 0.717) is 29.2 Å². The number of phenols is 1. The number of rotatable bonds is 9. The number of ketones is 1. The molecule has 0 spiro atoms. The highest BCUT2D eigenvalue weighted by Gasteiger charge is 2.31. The van der Waals surface area contributed by atoms with Crippen LogP contribution in [0.1, 0.15) is 60.3 Å². The zero-order valence-electron chi connectivity index (χ0n) is 16.0. The Morgan fingerprint density at radius 2 is 1.89 bits per heavy atom. The minimum absolute atomic E-state index is 0.117. The Morgan fingerprint density at radius 1 is 1.15 bits per heavy atom. The first-order chi connectivity index (χ1) is 13.1. The van der Waals surface area contributed by atoms with Crippen molar-refractivity contribution in [2.45, 2.75) is 46.1 Å². The van der Waals surface area contributed by atoms with Gasteiger partial charge in [0.25, 0.3) is 0 Å². The number of nitrogens with zero attached hydrogens (tertiary/aromatic N) is 1. The van der Waals surface area contributed by atoms with E-state index in [1.165, 1.54) is 0 Å². The van der Waals surface area contributed by atoms with Gasteiger partial charge >= 0.3 is 0 Å². The van der Waals surface area contributed by atoms with Crippen molar-refractivity contribution >= 4 is 23.2 Å².